The SMILES string of the molecule is CC[N]C12CC3CC(CC(C3)C1)C2. The lowest BCUT2D eigenvalue weighted by Crippen LogP contribution is -2.55. The van der Waals surface area contributed by atoms with Crippen LogP contribution in [0.25, 0.3) is 0 Å². The highest BCUT2D eigenvalue weighted by molar-refractivity contribution is 5.05. The molecular formula is C12H20N. The molecule has 4 aliphatic rings. The molecule has 4 fully saturated rings. The molecule has 73 valence electrons. The summed E-state index contributed by atoms with van der Waals surface area (Å²) < 4.78 is 0. The topological polar surface area (TPSA) is 14.1 Å². The Morgan fingerprint density at radius 2 is 1.46 bits per heavy atom. The highest BCUT2D eigenvalue weighted by Crippen LogP contribution is 2.55. The smallest absolute Gasteiger partial charge is 0.0364 e. The molecule has 4 bridgehead atoms. The van der Waals surface area contributed by atoms with Crippen LogP contribution in [0.1, 0.15) is 45.4 Å². The van der Waals surface area contributed by atoms with Gasteiger partial charge < -0.3 is 0 Å². The van der Waals surface area contributed by atoms with Crippen LogP contribution in [-0.2, 0) is 0 Å². The minimum absolute atomic E-state index is 0.476. The molecule has 0 aliphatic heterocycles. The van der Waals surface area contributed by atoms with Gasteiger partial charge in [0, 0.05) is 12.1 Å². The third kappa shape index (κ3) is 1.24. The van der Waals surface area contributed by atoms with Crippen molar-refractivity contribution in [2.24, 2.45) is 17.8 Å². The van der Waals surface area contributed by atoms with Crippen LogP contribution in [-0.4, -0.2) is 12.1 Å². The van der Waals surface area contributed by atoms with Crippen LogP contribution < -0.4 is 5.32 Å². The van der Waals surface area contributed by atoms with Gasteiger partial charge in [0.05, 0.1) is 0 Å². The van der Waals surface area contributed by atoms with E-state index >= 15 is 0 Å². The summed E-state index contributed by atoms with van der Waals surface area (Å²) in [6.45, 7) is 3.25. The first-order chi connectivity index (χ1) is 6.30. The third-order valence-electron chi connectivity index (χ3n) is 4.50. The summed E-state index contributed by atoms with van der Waals surface area (Å²) >= 11 is 0. The maximum atomic E-state index is 4.92. The van der Waals surface area contributed by atoms with E-state index in [1.165, 1.54) is 38.5 Å². The Kier molecular flexibility index (Phi) is 1.74. The van der Waals surface area contributed by atoms with Gasteiger partial charge in [-0.2, -0.15) is 0 Å². The van der Waals surface area contributed by atoms with Gasteiger partial charge in [-0.05, 0) is 56.3 Å². The summed E-state index contributed by atoms with van der Waals surface area (Å²) in [6.07, 6.45) is 8.93. The molecule has 1 radical (unpaired) electrons. The molecule has 0 amide bonds. The van der Waals surface area contributed by atoms with Crippen LogP contribution in [0, 0.1) is 17.8 Å². The number of nitrogens with zero attached hydrogens (tertiary/aromatic N) is 1. The lowest BCUT2D eigenvalue weighted by molar-refractivity contribution is -0.0207. The van der Waals surface area contributed by atoms with Crippen molar-refractivity contribution < 1.29 is 0 Å². The van der Waals surface area contributed by atoms with Crippen molar-refractivity contribution in [2.45, 2.75) is 51.0 Å². The molecule has 0 N–H and O–H groups in total. The van der Waals surface area contributed by atoms with E-state index < -0.39 is 0 Å². The first kappa shape index (κ1) is 8.28. The highest BCUT2D eigenvalue weighted by atomic mass is 15.0. The second kappa shape index (κ2) is 2.73. The predicted octanol–water partition coefficient (Wildman–Crippen LogP) is 2.58. The first-order valence-electron chi connectivity index (χ1n) is 5.98. The Labute approximate surface area is 81.3 Å². The lowest BCUT2D eigenvalue weighted by atomic mass is 9.53. The van der Waals surface area contributed by atoms with Gasteiger partial charge in [0.25, 0.3) is 0 Å². The molecule has 0 unspecified atom stereocenters. The fourth-order valence-electron chi connectivity index (χ4n) is 4.59. The Morgan fingerprint density at radius 1 is 1.00 bits per heavy atom. The van der Waals surface area contributed by atoms with Crippen LogP contribution in [0.2, 0.25) is 0 Å². The number of hydrogen-bond acceptors (Lipinski definition) is 0. The first-order valence-corrected chi connectivity index (χ1v) is 5.98. The minimum Gasteiger partial charge on any atom is -0.235 e. The van der Waals surface area contributed by atoms with Gasteiger partial charge in [-0.1, -0.05) is 6.92 Å². The summed E-state index contributed by atoms with van der Waals surface area (Å²) in [6, 6.07) is 0. The third-order valence-corrected chi connectivity index (χ3v) is 4.50. The molecule has 0 aromatic rings. The van der Waals surface area contributed by atoms with Crippen molar-refractivity contribution in [1.29, 1.82) is 0 Å². The van der Waals surface area contributed by atoms with Crippen molar-refractivity contribution in [3.63, 3.8) is 0 Å². The van der Waals surface area contributed by atoms with E-state index in [1.807, 2.05) is 0 Å². The molecule has 13 heavy (non-hydrogen) atoms. The largest absolute Gasteiger partial charge is 0.235 e. The molecule has 0 saturated heterocycles. The zero-order chi connectivity index (χ0) is 8.89. The molecule has 0 heterocycles. The molecule has 0 atom stereocenters. The van der Waals surface area contributed by atoms with Gasteiger partial charge in [0.2, 0.25) is 0 Å². The van der Waals surface area contributed by atoms with Crippen molar-refractivity contribution in [3.05, 3.63) is 0 Å². The van der Waals surface area contributed by atoms with Crippen LogP contribution in [0.4, 0.5) is 0 Å². The summed E-state index contributed by atoms with van der Waals surface area (Å²) in [5.74, 6) is 3.17. The van der Waals surface area contributed by atoms with Crippen LogP contribution in [0.3, 0.4) is 0 Å². The average molecular weight is 178 g/mol. The number of hydrogen-bond donors (Lipinski definition) is 0. The zero-order valence-corrected chi connectivity index (χ0v) is 8.63. The van der Waals surface area contributed by atoms with Crippen LogP contribution >= 0.6 is 0 Å². The lowest BCUT2D eigenvalue weighted by Gasteiger charge is -2.56. The Bertz CT molecular complexity index is 174. The second-order valence-corrected chi connectivity index (χ2v) is 5.62. The Hall–Kier alpha value is -0.0400. The Balaban J connectivity index is 1.83. The van der Waals surface area contributed by atoms with Gasteiger partial charge in [-0.3, -0.25) is 0 Å². The van der Waals surface area contributed by atoms with E-state index in [-0.39, 0.29) is 0 Å². The predicted molar refractivity (Wildman–Crippen MR) is 53.6 cm³/mol. The summed E-state index contributed by atoms with van der Waals surface area (Å²) in [5, 5.41) is 4.92. The fraction of sp³-hybridized carbons (Fsp3) is 1.00. The molecule has 0 aromatic heterocycles. The highest BCUT2D eigenvalue weighted by Gasteiger charge is 2.50. The number of rotatable bonds is 2. The van der Waals surface area contributed by atoms with E-state index in [2.05, 4.69) is 6.92 Å². The molecular weight excluding hydrogens is 158 g/mol. The molecule has 4 saturated carbocycles. The van der Waals surface area contributed by atoms with Crippen molar-refractivity contribution in [1.82, 2.24) is 5.32 Å². The summed E-state index contributed by atoms with van der Waals surface area (Å²) in [4.78, 5) is 0. The van der Waals surface area contributed by atoms with Gasteiger partial charge in [0.1, 0.15) is 0 Å². The fourth-order valence-corrected chi connectivity index (χ4v) is 4.59. The quantitative estimate of drug-likeness (QED) is 0.617. The maximum absolute atomic E-state index is 4.92. The van der Waals surface area contributed by atoms with E-state index in [0.29, 0.717) is 5.54 Å². The summed E-state index contributed by atoms with van der Waals surface area (Å²) in [5.41, 5.74) is 0.476. The van der Waals surface area contributed by atoms with E-state index in [9.17, 15) is 0 Å². The van der Waals surface area contributed by atoms with E-state index in [0.717, 1.165) is 24.3 Å². The monoisotopic (exact) mass is 178 g/mol. The minimum atomic E-state index is 0.476. The molecule has 1 heteroatoms. The van der Waals surface area contributed by atoms with Crippen LogP contribution in [0.15, 0.2) is 0 Å². The molecule has 0 aromatic carbocycles. The molecule has 1 nitrogen and oxygen atoms in total. The second-order valence-electron chi connectivity index (χ2n) is 5.62. The molecule has 4 rings (SSSR count). The average Bonchev–Trinajstić information content (AvgIpc) is 2.00. The zero-order valence-electron chi connectivity index (χ0n) is 8.63. The normalized spacial score (nSPS) is 52.8. The van der Waals surface area contributed by atoms with Gasteiger partial charge in [-0.25, -0.2) is 5.32 Å². The molecule has 0 spiro atoms. The Morgan fingerprint density at radius 3 is 1.85 bits per heavy atom. The van der Waals surface area contributed by atoms with Crippen LogP contribution in [0.5, 0.6) is 0 Å². The van der Waals surface area contributed by atoms with Crippen molar-refractivity contribution in [2.75, 3.05) is 6.54 Å². The van der Waals surface area contributed by atoms with E-state index in [1.54, 1.807) is 0 Å². The summed E-state index contributed by atoms with van der Waals surface area (Å²) in [7, 11) is 0. The van der Waals surface area contributed by atoms with Crippen molar-refractivity contribution >= 4 is 0 Å². The van der Waals surface area contributed by atoms with E-state index in [4.69, 9.17) is 5.32 Å². The maximum Gasteiger partial charge on any atom is 0.0364 e. The van der Waals surface area contributed by atoms with Gasteiger partial charge >= 0.3 is 0 Å². The van der Waals surface area contributed by atoms with Gasteiger partial charge in [-0.15, -0.1) is 0 Å². The van der Waals surface area contributed by atoms with Gasteiger partial charge in [0.15, 0.2) is 0 Å². The standard InChI is InChI=1S/C12H20N/c1-2-13-12-6-9-3-10(7-12)5-11(4-9)8-12/h9-11H,2-8H2,1H3. The van der Waals surface area contributed by atoms with Crippen molar-refractivity contribution in [3.8, 4) is 0 Å². The molecule has 4 aliphatic carbocycles.